The first-order valence-electron chi connectivity index (χ1n) is 6.34. The highest BCUT2D eigenvalue weighted by molar-refractivity contribution is 5.95. The largest absolute Gasteiger partial charge is 0.481 e. The number of carbonyl (C=O) groups excluding carboxylic acids is 1. The van der Waals surface area contributed by atoms with Gasteiger partial charge in [0.05, 0.1) is 4.92 Å². The van der Waals surface area contributed by atoms with E-state index < -0.39 is 16.8 Å². The lowest BCUT2D eigenvalue weighted by Gasteiger charge is -2.14. The molecule has 0 fully saturated rings. The van der Waals surface area contributed by atoms with Crippen LogP contribution < -0.4 is 10.6 Å². The second kappa shape index (κ2) is 7.22. The van der Waals surface area contributed by atoms with Gasteiger partial charge in [0, 0.05) is 31.1 Å². The van der Waals surface area contributed by atoms with E-state index in [-0.39, 0.29) is 29.4 Å². The maximum absolute atomic E-state index is 11.5. The first-order valence-corrected chi connectivity index (χ1v) is 6.34. The minimum absolute atomic E-state index is 0.0295. The molecule has 0 aromatic heterocycles. The van der Waals surface area contributed by atoms with Gasteiger partial charge in [-0.05, 0) is 25.5 Å². The second-order valence-electron chi connectivity index (χ2n) is 4.55. The van der Waals surface area contributed by atoms with Crippen molar-refractivity contribution in [2.45, 2.75) is 25.8 Å². The average Bonchev–Trinajstić information content (AvgIpc) is 2.44. The Hall–Kier alpha value is -2.64. The molecule has 0 aliphatic carbocycles. The Balaban J connectivity index is 2.93. The van der Waals surface area contributed by atoms with Gasteiger partial charge in [0.25, 0.3) is 11.6 Å². The van der Waals surface area contributed by atoms with Gasteiger partial charge in [-0.3, -0.25) is 19.7 Å². The zero-order valence-corrected chi connectivity index (χ0v) is 11.8. The molecule has 0 aliphatic rings. The Labute approximate surface area is 121 Å². The molecular weight excluding hydrogens is 278 g/mol. The van der Waals surface area contributed by atoms with Crippen LogP contribution in [0.2, 0.25) is 0 Å². The lowest BCUT2D eigenvalue weighted by molar-refractivity contribution is -0.384. The molecule has 3 N–H and O–H groups in total. The molecule has 0 aliphatic heterocycles. The first-order chi connectivity index (χ1) is 9.85. The summed E-state index contributed by atoms with van der Waals surface area (Å²) < 4.78 is 0. The van der Waals surface area contributed by atoms with E-state index in [4.69, 9.17) is 5.11 Å². The number of hydrogen-bond donors (Lipinski definition) is 3. The molecule has 0 saturated carbocycles. The Kier molecular flexibility index (Phi) is 5.65. The number of benzene rings is 1. The van der Waals surface area contributed by atoms with Crippen LogP contribution in [0.4, 0.5) is 11.4 Å². The zero-order chi connectivity index (χ0) is 16.0. The number of anilines is 1. The third-order valence-corrected chi connectivity index (χ3v) is 2.88. The number of amides is 1. The zero-order valence-electron chi connectivity index (χ0n) is 11.8. The van der Waals surface area contributed by atoms with Crippen molar-refractivity contribution in [3.63, 3.8) is 0 Å². The average molecular weight is 295 g/mol. The van der Waals surface area contributed by atoms with Crippen LogP contribution in [0.3, 0.4) is 0 Å². The molecule has 1 aromatic carbocycles. The number of nitrogens with zero attached hydrogens (tertiary/aromatic N) is 1. The maximum Gasteiger partial charge on any atom is 0.303 e. The molecule has 8 nitrogen and oxygen atoms in total. The fourth-order valence-corrected chi connectivity index (χ4v) is 1.77. The van der Waals surface area contributed by atoms with E-state index >= 15 is 0 Å². The summed E-state index contributed by atoms with van der Waals surface area (Å²) in [6, 6.07) is 3.86. The van der Waals surface area contributed by atoms with Crippen molar-refractivity contribution < 1.29 is 19.6 Å². The predicted molar refractivity (Wildman–Crippen MR) is 76.4 cm³/mol. The lowest BCUT2D eigenvalue weighted by atomic mass is 10.1. The molecule has 21 heavy (non-hydrogen) atoms. The lowest BCUT2D eigenvalue weighted by Crippen LogP contribution is -2.19. The number of carboxylic acid groups (broad SMARTS) is 1. The molecule has 0 spiro atoms. The molecule has 0 saturated heterocycles. The van der Waals surface area contributed by atoms with Crippen molar-refractivity contribution in [2.75, 3.05) is 12.4 Å². The van der Waals surface area contributed by atoms with Gasteiger partial charge in [-0.15, -0.1) is 0 Å². The van der Waals surface area contributed by atoms with Crippen molar-refractivity contribution in [3.05, 3.63) is 33.9 Å². The highest BCUT2D eigenvalue weighted by Crippen LogP contribution is 2.26. The summed E-state index contributed by atoms with van der Waals surface area (Å²) in [5, 5.41) is 25.0. The number of rotatable bonds is 7. The fraction of sp³-hybridized carbons (Fsp3) is 0.385. The van der Waals surface area contributed by atoms with Crippen molar-refractivity contribution in [1.29, 1.82) is 0 Å². The van der Waals surface area contributed by atoms with Gasteiger partial charge in [-0.2, -0.15) is 0 Å². The Morgan fingerprint density at radius 2 is 2.10 bits per heavy atom. The van der Waals surface area contributed by atoms with Gasteiger partial charge in [0.2, 0.25) is 0 Å². The highest BCUT2D eigenvalue weighted by Gasteiger charge is 2.18. The number of aliphatic carboxylic acids is 1. The van der Waals surface area contributed by atoms with Crippen LogP contribution in [0.25, 0.3) is 0 Å². The van der Waals surface area contributed by atoms with Gasteiger partial charge in [0.1, 0.15) is 5.69 Å². The number of nitrogens with one attached hydrogen (secondary N) is 2. The quantitative estimate of drug-likeness (QED) is 0.519. The monoisotopic (exact) mass is 295 g/mol. The summed E-state index contributed by atoms with van der Waals surface area (Å²) in [6.07, 6.45) is 0.308. The SMILES string of the molecule is CNC(=O)c1ccc(NC(C)CCC(=O)O)c([N+](=O)[O-])c1. The van der Waals surface area contributed by atoms with E-state index in [9.17, 15) is 19.7 Å². The van der Waals surface area contributed by atoms with Crippen molar-refractivity contribution in [3.8, 4) is 0 Å². The summed E-state index contributed by atoms with van der Waals surface area (Å²) in [5.41, 5.74) is 0.219. The second-order valence-corrected chi connectivity index (χ2v) is 4.55. The number of carbonyl (C=O) groups is 2. The minimum Gasteiger partial charge on any atom is -0.481 e. The van der Waals surface area contributed by atoms with E-state index in [1.54, 1.807) is 6.92 Å². The van der Waals surface area contributed by atoms with Gasteiger partial charge >= 0.3 is 5.97 Å². The molecule has 1 amide bonds. The number of nitro benzene ring substituents is 1. The molecule has 114 valence electrons. The van der Waals surface area contributed by atoms with Crippen LogP contribution in [0.1, 0.15) is 30.1 Å². The molecule has 0 radical (unpaired) electrons. The van der Waals surface area contributed by atoms with Crippen LogP contribution in [0.15, 0.2) is 18.2 Å². The fourth-order valence-electron chi connectivity index (χ4n) is 1.77. The van der Waals surface area contributed by atoms with E-state index in [2.05, 4.69) is 10.6 Å². The maximum atomic E-state index is 11.5. The van der Waals surface area contributed by atoms with E-state index in [0.29, 0.717) is 6.42 Å². The van der Waals surface area contributed by atoms with E-state index in [1.807, 2.05) is 0 Å². The smallest absolute Gasteiger partial charge is 0.303 e. The normalized spacial score (nSPS) is 11.5. The third kappa shape index (κ3) is 4.75. The summed E-state index contributed by atoms with van der Waals surface area (Å²) in [7, 11) is 1.44. The molecule has 0 bridgehead atoms. The summed E-state index contributed by atoms with van der Waals surface area (Å²) >= 11 is 0. The highest BCUT2D eigenvalue weighted by atomic mass is 16.6. The number of hydrogen-bond acceptors (Lipinski definition) is 5. The van der Waals surface area contributed by atoms with Gasteiger partial charge in [-0.1, -0.05) is 0 Å². The van der Waals surface area contributed by atoms with Gasteiger partial charge < -0.3 is 15.7 Å². The van der Waals surface area contributed by atoms with Gasteiger partial charge in [0.15, 0.2) is 0 Å². The standard InChI is InChI=1S/C13H17N3O5/c1-8(3-6-12(17)18)15-10-5-4-9(13(19)14-2)7-11(10)16(20)21/h4-5,7-8,15H,3,6H2,1-2H3,(H,14,19)(H,17,18). The molecule has 1 unspecified atom stereocenters. The van der Waals surface area contributed by atoms with Crippen LogP contribution in [-0.4, -0.2) is 35.0 Å². The van der Waals surface area contributed by atoms with Crippen LogP contribution in [-0.2, 0) is 4.79 Å². The molecule has 1 aromatic rings. The predicted octanol–water partition coefficient (Wildman–Crippen LogP) is 1.62. The van der Waals surface area contributed by atoms with Crippen LogP contribution in [0.5, 0.6) is 0 Å². The van der Waals surface area contributed by atoms with Gasteiger partial charge in [-0.25, -0.2) is 0 Å². The molecule has 1 rings (SSSR count). The van der Waals surface area contributed by atoms with Crippen molar-refractivity contribution in [2.24, 2.45) is 0 Å². The van der Waals surface area contributed by atoms with Crippen molar-refractivity contribution in [1.82, 2.24) is 5.32 Å². The molecule has 1 atom stereocenters. The summed E-state index contributed by atoms with van der Waals surface area (Å²) in [5.74, 6) is -1.34. The topological polar surface area (TPSA) is 122 Å². The summed E-state index contributed by atoms with van der Waals surface area (Å²) in [6.45, 7) is 1.74. The van der Waals surface area contributed by atoms with E-state index in [1.165, 1.54) is 25.2 Å². The van der Waals surface area contributed by atoms with Crippen LogP contribution >= 0.6 is 0 Å². The Bertz CT molecular complexity index is 559. The molecule has 8 heteroatoms. The first kappa shape index (κ1) is 16.4. The molecule has 0 heterocycles. The minimum atomic E-state index is -0.923. The Morgan fingerprint density at radius 3 is 2.62 bits per heavy atom. The summed E-state index contributed by atoms with van der Waals surface area (Å²) in [4.78, 5) is 32.5. The molecular formula is C13H17N3O5. The number of carboxylic acids is 1. The van der Waals surface area contributed by atoms with Crippen molar-refractivity contribution >= 4 is 23.3 Å². The third-order valence-electron chi connectivity index (χ3n) is 2.88. The Morgan fingerprint density at radius 1 is 1.43 bits per heavy atom. The van der Waals surface area contributed by atoms with E-state index in [0.717, 1.165) is 0 Å². The number of nitro groups is 1. The van der Waals surface area contributed by atoms with Crippen LogP contribution in [0, 0.1) is 10.1 Å².